The van der Waals surface area contributed by atoms with Crippen LogP contribution < -0.4 is 0 Å². The molecular formula is C11H10BrClOS. The lowest BCUT2D eigenvalue weighted by Gasteiger charge is -2.06. The van der Waals surface area contributed by atoms with Crippen LogP contribution in [0, 0.1) is 13.8 Å². The average molecular weight is 306 g/mol. The van der Waals surface area contributed by atoms with Crippen LogP contribution >= 0.6 is 38.9 Å². The van der Waals surface area contributed by atoms with Crippen molar-refractivity contribution in [3.8, 4) is 0 Å². The molecule has 0 saturated carbocycles. The van der Waals surface area contributed by atoms with Crippen molar-refractivity contribution in [2.24, 2.45) is 0 Å². The molecule has 2 heterocycles. The highest BCUT2D eigenvalue weighted by Crippen LogP contribution is 2.38. The summed E-state index contributed by atoms with van der Waals surface area (Å²) in [5, 5.41) is -0.136. The minimum atomic E-state index is -0.136. The molecule has 0 bridgehead atoms. The summed E-state index contributed by atoms with van der Waals surface area (Å²) in [6.45, 7) is 4.19. The molecule has 0 amide bonds. The number of hydrogen-bond donors (Lipinski definition) is 0. The average Bonchev–Trinajstić information content (AvgIpc) is 2.71. The van der Waals surface area contributed by atoms with Crippen LogP contribution in [0.15, 0.2) is 27.5 Å². The van der Waals surface area contributed by atoms with Gasteiger partial charge in [0.2, 0.25) is 0 Å². The third kappa shape index (κ3) is 2.14. The smallest absolute Gasteiger partial charge is 0.173 e. The first-order valence-corrected chi connectivity index (χ1v) is 6.58. The van der Waals surface area contributed by atoms with Gasteiger partial charge in [-0.05, 0) is 47.5 Å². The summed E-state index contributed by atoms with van der Waals surface area (Å²) in [6, 6.07) is 4.03. The molecule has 4 heteroatoms. The van der Waals surface area contributed by atoms with Gasteiger partial charge in [0.15, 0.2) is 4.67 Å². The zero-order valence-electron chi connectivity index (χ0n) is 8.38. The Labute approximate surface area is 106 Å². The summed E-state index contributed by atoms with van der Waals surface area (Å²) in [5.41, 5.74) is 2.15. The molecule has 1 unspecified atom stereocenters. The summed E-state index contributed by atoms with van der Waals surface area (Å²) in [7, 11) is 0. The molecule has 80 valence electrons. The fourth-order valence-corrected chi connectivity index (χ4v) is 3.58. The molecule has 0 fully saturated rings. The van der Waals surface area contributed by atoms with E-state index in [1.54, 1.807) is 17.6 Å². The normalized spacial score (nSPS) is 13.1. The van der Waals surface area contributed by atoms with E-state index in [1.165, 1.54) is 15.3 Å². The maximum atomic E-state index is 6.41. The Morgan fingerprint density at radius 3 is 2.60 bits per heavy atom. The van der Waals surface area contributed by atoms with Crippen molar-refractivity contribution < 1.29 is 4.42 Å². The first-order valence-electron chi connectivity index (χ1n) is 4.53. The summed E-state index contributed by atoms with van der Waals surface area (Å²) in [6.07, 6.45) is 1.64. The predicted octanol–water partition coefficient (Wildman–Crippen LogP) is 5.05. The number of rotatable bonds is 2. The van der Waals surface area contributed by atoms with Gasteiger partial charge in [0.05, 0.1) is 11.6 Å². The van der Waals surface area contributed by atoms with Crippen molar-refractivity contribution in [1.82, 2.24) is 0 Å². The molecule has 2 rings (SSSR count). The molecule has 15 heavy (non-hydrogen) atoms. The number of furan rings is 1. The van der Waals surface area contributed by atoms with Crippen molar-refractivity contribution in [3.05, 3.63) is 43.9 Å². The monoisotopic (exact) mass is 304 g/mol. The molecule has 0 aromatic carbocycles. The van der Waals surface area contributed by atoms with E-state index in [2.05, 4.69) is 35.8 Å². The van der Waals surface area contributed by atoms with Crippen LogP contribution in [-0.2, 0) is 0 Å². The Hall–Kier alpha value is -0.250. The largest absolute Gasteiger partial charge is 0.457 e. The number of thiophene rings is 1. The van der Waals surface area contributed by atoms with Crippen molar-refractivity contribution in [3.63, 3.8) is 0 Å². The lowest BCUT2D eigenvalue weighted by molar-refractivity contribution is 0.537. The van der Waals surface area contributed by atoms with Gasteiger partial charge in [0.1, 0.15) is 0 Å². The van der Waals surface area contributed by atoms with E-state index in [4.69, 9.17) is 16.0 Å². The minimum absolute atomic E-state index is 0.136. The molecular weight excluding hydrogens is 296 g/mol. The van der Waals surface area contributed by atoms with E-state index in [0.29, 0.717) is 4.67 Å². The van der Waals surface area contributed by atoms with Crippen molar-refractivity contribution in [1.29, 1.82) is 0 Å². The standard InChI is InChI=1S/C11H10BrClOS/c1-6-5-9(7(2)15-6)10(13)8-3-4-14-11(8)12/h3-5,10H,1-2H3. The van der Waals surface area contributed by atoms with Crippen LogP contribution in [0.5, 0.6) is 0 Å². The van der Waals surface area contributed by atoms with E-state index < -0.39 is 0 Å². The van der Waals surface area contributed by atoms with Gasteiger partial charge >= 0.3 is 0 Å². The maximum absolute atomic E-state index is 6.41. The molecule has 0 saturated heterocycles. The highest BCUT2D eigenvalue weighted by Gasteiger charge is 2.19. The Morgan fingerprint density at radius 1 is 1.40 bits per heavy atom. The van der Waals surface area contributed by atoms with Crippen LogP contribution in [0.25, 0.3) is 0 Å². The van der Waals surface area contributed by atoms with Crippen molar-refractivity contribution in [2.45, 2.75) is 19.2 Å². The Kier molecular flexibility index (Phi) is 3.24. The third-order valence-electron chi connectivity index (χ3n) is 2.27. The molecule has 0 aliphatic rings. The summed E-state index contributed by atoms with van der Waals surface area (Å²) in [4.78, 5) is 2.55. The van der Waals surface area contributed by atoms with Gasteiger partial charge in [0, 0.05) is 15.3 Å². The quantitative estimate of drug-likeness (QED) is 0.708. The molecule has 0 aliphatic heterocycles. The predicted molar refractivity (Wildman–Crippen MR) is 67.9 cm³/mol. The van der Waals surface area contributed by atoms with Gasteiger partial charge in [-0.25, -0.2) is 0 Å². The van der Waals surface area contributed by atoms with Crippen molar-refractivity contribution >= 4 is 38.9 Å². The SMILES string of the molecule is Cc1cc(C(Cl)c2ccoc2Br)c(C)s1. The molecule has 1 atom stereocenters. The molecule has 2 aromatic heterocycles. The zero-order chi connectivity index (χ0) is 11.0. The van der Waals surface area contributed by atoms with Gasteiger partial charge in [-0.15, -0.1) is 22.9 Å². The fraction of sp³-hybridized carbons (Fsp3) is 0.273. The van der Waals surface area contributed by atoms with E-state index in [0.717, 1.165) is 5.56 Å². The second-order valence-electron chi connectivity index (χ2n) is 3.38. The minimum Gasteiger partial charge on any atom is -0.457 e. The maximum Gasteiger partial charge on any atom is 0.173 e. The van der Waals surface area contributed by atoms with Crippen LogP contribution in [0.1, 0.15) is 26.3 Å². The molecule has 2 aromatic rings. The Balaban J connectivity index is 2.40. The number of hydrogen-bond acceptors (Lipinski definition) is 2. The summed E-state index contributed by atoms with van der Waals surface area (Å²) in [5.74, 6) is 0. The number of aryl methyl sites for hydroxylation is 2. The molecule has 0 radical (unpaired) electrons. The third-order valence-corrected chi connectivity index (χ3v) is 4.37. The van der Waals surface area contributed by atoms with Gasteiger partial charge in [-0.1, -0.05) is 0 Å². The summed E-state index contributed by atoms with van der Waals surface area (Å²) >= 11 is 11.5. The van der Waals surface area contributed by atoms with E-state index in [1.807, 2.05) is 6.07 Å². The van der Waals surface area contributed by atoms with Gasteiger partial charge in [-0.3, -0.25) is 0 Å². The Bertz CT molecular complexity index is 475. The second kappa shape index (κ2) is 4.32. The van der Waals surface area contributed by atoms with Gasteiger partial charge in [-0.2, -0.15) is 0 Å². The molecule has 1 nitrogen and oxygen atoms in total. The van der Waals surface area contributed by atoms with Gasteiger partial charge in [0.25, 0.3) is 0 Å². The lowest BCUT2D eigenvalue weighted by atomic mass is 10.1. The summed E-state index contributed by atoms with van der Waals surface area (Å²) < 4.78 is 5.90. The van der Waals surface area contributed by atoms with E-state index in [9.17, 15) is 0 Å². The second-order valence-corrected chi connectivity index (χ2v) is 6.00. The molecule has 0 spiro atoms. The van der Waals surface area contributed by atoms with Crippen LogP contribution in [0.3, 0.4) is 0 Å². The van der Waals surface area contributed by atoms with E-state index in [-0.39, 0.29) is 5.38 Å². The van der Waals surface area contributed by atoms with E-state index >= 15 is 0 Å². The first-order chi connectivity index (χ1) is 7.09. The topological polar surface area (TPSA) is 13.1 Å². The molecule has 0 N–H and O–H groups in total. The van der Waals surface area contributed by atoms with Gasteiger partial charge < -0.3 is 4.42 Å². The Morgan fingerprint density at radius 2 is 2.13 bits per heavy atom. The zero-order valence-corrected chi connectivity index (χ0v) is 11.5. The molecule has 0 aliphatic carbocycles. The van der Waals surface area contributed by atoms with Crippen LogP contribution in [0.2, 0.25) is 0 Å². The van der Waals surface area contributed by atoms with Crippen LogP contribution in [0.4, 0.5) is 0 Å². The fourth-order valence-electron chi connectivity index (χ4n) is 1.55. The highest BCUT2D eigenvalue weighted by molar-refractivity contribution is 9.10. The lowest BCUT2D eigenvalue weighted by Crippen LogP contribution is -1.91. The highest BCUT2D eigenvalue weighted by atomic mass is 79.9. The van der Waals surface area contributed by atoms with Crippen molar-refractivity contribution in [2.75, 3.05) is 0 Å². The first kappa shape index (κ1) is 11.2. The van der Waals surface area contributed by atoms with Crippen LogP contribution in [-0.4, -0.2) is 0 Å². The number of halogens is 2. The number of alkyl halides is 1.